The van der Waals surface area contributed by atoms with Gasteiger partial charge in [-0.1, -0.05) is 30.2 Å². The van der Waals surface area contributed by atoms with Crippen LogP contribution in [0.5, 0.6) is 0 Å². The van der Waals surface area contributed by atoms with E-state index in [2.05, 4.69) is 27.5 Å². The predicted octanol–water partition coefficient (Wildman–Crippen LogP) is 7.68. The van der Waals surface area contributed by atoms with Crippen LogP contribution in [0.3, 0.4) is 0 Å². The zero-order valence-corrected chi connectivity index (χ0v) is 29.8. The number of aliphatic hydroxyl groups is 1. The number of carbonyl (C=O) groups excluding carboxylic acids is 2. The first-order valence-corrected chi connectivity index (χ1v) is 16.7. The van der Waals surface area contributed by atoms with E-state index in [0.717, 1.165) is 33.3 Å². The standard InChI is InChI=1S/C37H41F3N4O5S/c1-34(2,3)48-33(46)43-28(18-23-8-12-27(13-9-23)37(38,39)40)22-42-32(45)49-36(6,7)20-30-44-29(14-16-35(4,5)47)31(50-30)25-10-11-26-21-41-17-15-24(26)19-25/h8-13,15,17,19,21,28,47H,18,20,22H2,1-7H3,(H,42,45)(H,43,46)/t28-/m0/s1. The molecule has 2 aromatic heterocycles. The number of nitrogens with zero attached hydrogens (tertiary/aromatic N) is 2. The third kappa shape index (κ3) is 11.7. The lowest BCUT2D eigenvalue weighted by Gasteiger charge is -2.26. The second-order valence-electron chi connectivity index (χ2n) is 14.0. The van der Waals surface area contributed by atoms with Crippen LogP contribution in [0.4, 0.5) is 22.8 Å². The summed E-state index contributed by atoms with van der Waals surface area (Å²) < 4.78 is 50.3. The summed E-state index contributed by atoms with van der Waals surface area (Å²) in [4.78, 5) is 35.3. The molecule has 1 atom stereocenters. The maximum absolute atomic E-state index is 13.1. The van der Waals surface area contributed by atoms with E-state index < -0.39 is 46.8 Å². The van der Waals surface area contributed by atoms with Crippen molar-refractivity contribution < 1.29 is 37.3 Å². The van der Waals surface area contributed by atoms with Gasteiger partial charge < -0.3 is 25.2 Å². The van der Waals surface area contributed by atoms with Crippen molar-refractivity contribution in [1.29, 1.82) is 0 Å². The molecular formula is C37H41F3N4O5S. The maximum atomic E-state index is 13.1. The van der Waals surface area contributed by atoms with Crippen molar-refractivity contribution in [3.05, 3.63) is 82.8 Å². The molecule has 0 saturated heterocycles. The fourth-order valence-corrected chi connectivity index (χ4v) is 6.04. The highest BCUT2D eigenvalue weighted by atomic mass is 32.1. The van der Waals surface area contributed by atoms with Crippen molar-refractivity contribution in [1.82, 2.24) is 20.6 Å². The van der Waals surface area contributed by atoms with E-state index >= 15 is 0 Å². The number of ether oxygens (including phenoxy) is 2. The largest absolute Gasteiger partial charge is 0.444 e. The van der Waals surface area contributed by atoms with Crippen LogP contribution >= 0.6 is 11.3 Å². The van der Waals surface area contributed by atoms with Crippen molar-refractivity contribution in [3.8, 4) is 22.3 Å². The number of nitrogens with one attached hydrogen (secondary N) is 2. The SMILES string of the molecule is CC(C)(O)C#Cc1nc(CC(C)(C)OC(=O)NC[C@H](Cc2ccc(C(F)(F)F)cc2)NC(=O)OC(C)(C)C)sc1-c1ccc2cnccc2c1. The Bertz CT molecular complexity index is 1880. The average Bonchev–Trinajstić information content (AvgIpc) is 3.38. The third-order valence-corrected chi connectivity index (χ3v) is 8.09. The molecule has 0 radical (unpaired) electrons. The quantitative estimate of drug-likeness (QED) is 0.152. The minimum Gasteiger partial charge on any atom is -0.444 e. The summed E-state index contributed by atoms with van der Waals surface area (Å²) in [6, 6.07) is 11.7. The number of thiazole rings is 1. The van der Waals surface area contributed by atoms with Gasteiger partial charge in [-0.15, -0.1) is 11.3 Å². The van der Waals surface area contributed by atoms with E-state index in [1.807, 2.05) is 24.3 Å². The molecule has 0 aliphatic rings. The second kappa shape index (κ2) is 15.1. The van der Waals surface area contributed by atoms with Gasteiger partial charge in [0, 0.05) is 30.7 Å². The number of hydrogen-bond acceptors (Lipinski definition) is 8. The molecule has 0 aliphatic carbocycles. The first kappa shape index (κ1) is 38.1. The Morgan fingerprint density at radius 2 is 1.64 bits per heavy atom. The van der Waals surface area contributed by atoms with Crippen molar-refractivity contribution in [3.63, 3.8) is 0 Å². The molecule has 9 nitrogen and oxygen atoms in total. The molecule has 0 bridgehead atoms. The van der Waals surface area contributed by atoms with Crippen molar-refractivity contribution >= 4 is 34.3 Å². The number of halogens is 3. The van der Waals surface area contributed by atoms with Gasteiger partial charge in [-0.3, -0.25) is 4.98 Å². The number of benzene rings is 2. The Morgan fingerprint density at radius 3 is 2.28 bits per heavy atom. The van der Waals surface area contributed by atoms with Crippen molar-refractivity contribution in [2.75, 3.05) is 6.54 Å². The monoisotopic (exact) mass is 710 g/mol. The van der Waals surface area contributed by atoms with Crippen LogP contribution in [0.1, 0.15) is 70.3 Å². The Balaban J connectivity index is 1.48. The number of amides is 2. The summed E-state index contributed by atoms with van der Waals surface area (Å²) in [5.41, 5.74) is -1.96. The summed E-state index contributed by atoms with van der Waals surface area (Å²) in [6.45, 7) is 11.6. The van der Waals surface area contributed by atoms with Gasteiger partial charge in [0.1, 0.15) is 22.5 Å². The van der Waals surface area contributed by atoms with Gasteiger partial charge in [0.05, 0.1) is 21.5 Å². The number of rotatable bonds is 9. The second-order valence-corrected chi connectivity index (χ2v) is 15.1. The first-order chi connectivity index (χ1) is 23.2. The van der Waals surface area contributed by atoms with Crippen LogP contribution in [0, 0.1) is 11.8 Å². The average molecular weight is 711 g/mol. The van der Waals surface area contributed by atoms with Gasteiger partial charge >= 0.3 is 18.4 Å². The van der Waals surface area contributed by atoms with E-state index in [1.165, 1.54) is 23.5 Å². The molecule has 2 aromatic carbocycles. The zero-order valence-electron chi connectivity index (χ0n) is 29.0. The van der Waals surface area contributed by atoms with E-state index in [9.17, 15) is 27.9 Å². The molecule has 0 saturated carbocycles. The minimum absolute atomic E-state index is 0.0925. The molecule has 266 valence electrons. The summed E-state index contributed by atoms with van der Waals surface area (Å²) in [5, 5.41) is 18.2. The smallest absolute Gasteiger partial charge is 0.416 e. The topological polar surface area (TPSA) is 123 Å². The lowest BCUT2D eigenvalue weighted by atomic mass is 10.0. The highest BCUT2D eigenvalue weighted by Crippen LogP contribution is 2.34. The number of hydrogen-bond donors (Lipinski definition) is 3. The third-order valence-electron chi connectivity index (χ3n) is 6.98. The highest BCUT2D eigenvalue weighted by molar-refractivity contribution is 7.15. The van der Waals surface area contributed by atoms with Crippen LogP contribution < -0.4 is 10.6 Å². The molecule has 0 spiro atoms. The number of carbonyl (C=O) groups is 2. The van der Waals surface area contributed by atoms with Gasteiger partial charge in [-0.25, -0.2) is 14.6 Å². The van der Waals surface area contributed by atoms with Crippen LogP contribution in [0.2, 0.25) is 0 Å². The molecule has 4 rings (SSSR count). The molecule has 2 amide bonds. The van der Waals surface area contributed by atoms with Crippen LogP contribution in [-0.2, 0) is 28.5 Å². The molecule has 0 aliphatic heterocycles. The lowest BCUT2D eigenvalue weighted by Crippen LogP contribution is -2.47. The van der Waals surface area contributed by atoms with Gasteiger partial charge in [0.15, 0.2) is 0 Å². The maximum Gasteiger partial charge on any atom is 0.416 e. The normalized spacial score (nSPS) is 12.9. The summed E-state index contributed by atoms with van der Waals surface area (Å²) >= 11 is 1.40. The molecule has 4 aromatic rings. The van der Waals surface area contributed by atoms with Crippen molar-refractivity contribution in [2.24, 2.45) is 0 Å². The highest BCUT2D eigenvalue weighted by Gasteiger charge is 2.31. The summed E-state index contributed by atoms with van der Waals surface area (Å²) in [6.07, 6.45) is -2.13. The van der Waals surface area contributed by atoms with Gasteiger partial charge in [-0.2, -0.15) is 13.2 Å². The molecule has 0 unspecified atom stereocenters. The lowest BCUT2D eigenvalue weighted by molar-refractivity contribution is -0.137. The van der Waals surface area contributed by atoms with Crippen molar-refractivity contribution in [2.45, 2.75) is 90.3 Å². The molecule has 13 heteroatoms. The molecule has 3 N–H and O–H groups in total. The minimum atomic E-state index is -4.48. The Hall–Kier alpha value is -4.67. The fourth-order valence-electron chi connectivity index (χ4n) is 4.81. The van der Waals surface area contributed by atoms with E-state index in [0.29, 0.717) is 16.3 Å². The van der Waals surface area contributed by atoms with E-state index in [1.54, 1.807) is 60.9 Å². The van der Waals surface area contributed by atoms with Gasteiger partial charge in [0.2, 0.25) is 0 Å². The summed E-state index contributed by atoms with van der Waals surface area (Å²) in [5.74, 6) is 5.83. The van der Waals surface area contributed by atoms with E-state index in [-0.39, 0.29) is 19.4 Å². The molecule has 2 heterocycles. The number of aromatic nitrogens is 2. The van der Waals surface area contributed by atoms with Crippen LogP contribution in [0.25, 0.3) is 21.2 Å². The molecule has 0 fully saturated rings. The van der Waals surface area contributed by atoms with E-state index in [4.69, 9.17) is 14.5 Å². The summed E-state index contributed by atoms with van der Waals surface area (Å²) in [7, 11) is 0. The van der Waals surface area contributed by atoms with Gasteiger partial charge in [0.25, 0.3) is 0 Å². The predicted molar refractivity (Wildman–Crippen MR) is 187 cm³/mol. The number of pyridine rings is 1. The van der Waals surface area contributed by atoms with Crippen LogP contribution in [0.15, 0.2) is 60.9 Å². The number of alkyl halides is 3. The molecule has 50 heavy (non-hydrogen) atoms. The Labute approximate surface area is 293 Å². The number of alkyl carbamates (subject to hydrolysis) is 2. The zero-order chi connectivity index (χ0) is 36.9. The van der Waals surface area contributed by atoms with Gasteiger partial charge in [-0.05, 0) is 102 Å². The Kier molecular flexibility index (Phi) is 11.5. The molecular weight excluding hydrogens is 669 g/mol. The number of fused-ring (bicyclic) bond motifs is 1. The Morgan fingerprint density at radius 1 is 0.940 bits per heavy atom. The fraction of sp³-hybridized carbons (Fsp3) is 0.405. The first-order valence-electron chi connectivity index (χ1n) is 15.9. The van der Waals surface area contributed by atoms with Crippen LogP contribution in [-0.4, -0.2) is 56.7 Å².